The van der Waals surface area contributed by atoms with E-state index in [1.807, 2.05) is 13.8 Å². The van der Waals surface area contributed by atoms with Crippen LogP contribution in [0.1, 0.15) is 60.5 Å². The number of nitrogens with two attached hydrogens (primary N) is 1. The van der Waals surface area contributed by atoms with Crippen LogP contribution < -0.4 is 15.2 Å². The fraction of sp³-hybridized carbons (Fsp3) is 0.600. The van der Waals surface area contributed by atoms with Gasteiger partial charge >= 0.3 is 24.1 Å². The number of rotatable bonds is 12. The molecular weight excluding hydrogens is 458 g/mol. The number of carbonyl (C=O) groups is 4. The number of aliphatic carboxylic acids is 1. The van der Waals surface area contributed by atoms with Crippen LogP contribution in [0, 0.1) is 17.8 Å². The van der Waals surface area contributed by atoms with Gasteiger partial charge < -0.3 is 29.8 Å². The van der Waals surface area contributed by atoms with E-state index in [-0.39, 0.29) is 36.9 Å². The molecule has 0 saturated carbocycles. The molecule has 1 aromatic carbocycles. The smallest absolute Gasteiger partial charge is 0.480 e. The standard InChI is InChI=1S/C25H37NO9/c1-14(2)13-32-24(31)33-17(7)11-25(26,23(29)30)12-18-8-9-19(34-21(27)15(3)4)20(10-18)35-22(28)16(5)6/h8-10,14-17H,11-13,26H2,1-7H3,(H,29,30)/t17-,25?/m0/s1. The number of hydrogen-bond donors (Lipinski definition) is 2. The normalized spacial score (nSPS) is 13.8. The summed E-state index contributed by atoms with van der Waals surface area (Å²) in [5.41, 5.74) is 4.81. The summed E-state index contributed by atoms with van der Waals surface area (Å²) in [6.45, 7) is 12.0. The van der Waals surface area contributed by atoms with Crippen molar-refractivity contribution in [3.63, 3.8) is 0 Å². The van der Waals surface area contributed by atoms with E-state index in [0.717, 1.165) is 0 Å². The van der Waals surface area contributed by atoms with Crippen molar-refractivity contribution in [2.45, 2.75) is 73.0 Å². The van der Waals surface area contributed by atoms with Crippen LogP contribution in [0.3, 0.4) is 0 Å². The Balaban J connectivity index is 3.13. The van der Waals surface area contributed by atoms with E-state index in [2.05, 4.69) is 0 Å². The SMILES string of the molecule is CC(C)COC(=O)O[C@@H](C)CC(N)(Cc1ccc(OC(=O)C(C)C)c(OC(=O)C(C)C)c1)C(=O)O. The molecule has 0 spiro atoms. The van der Waals surface area contributed by atoms with E-state index in [9.17, 15) is 24.3 Å². The van der Waals surface area contributed by atoms with Gasteiger partial charge in [-0.3, -0.25) is 14.4 Å². The Labute approximate surface area is 206 Å². The van der Waals surface area contributed by atoms with E-state index < -0.39 is 47.5 Å². The largest absolute Gasteiger partial charge is 0.508 e. The molecule has 0 bridgehead atoms. The summed E-state index contributed by atoms with van der Waals surface area (Å²) in [5, 5.41) is 9.82. The zero-order valence-corrected chi connectivity index (χ0v) is 21.5. The van der Waals surface area contributed by atoms with Crippen LogP contribution in [0.15, 0.2) is 18.2 Å². The Bertz CT molecular complexity index is 910. The van der Waals surface area contributed by atoms with Crippen molar-refractivity contribution in [1.29, 1.82) is 0 Å². The molecule has 0 aliphatic rings. The van der Waals surface area contributed by atoms with Crippen LogP contribution in [0.2, 0.25) is 0 Å². The molecule has 2 atom stereocenters. The summed E-state index contributed by atoms with van der Waals surface area (Å²) in [4.78, 5) is 48.1. The lowest BCUT2D eigenvalue weighted by Crippen LogP contribution is -2.52. The highest BCUT2D eigenvalue weighted by Crippen LogP contribution is 2.32. The summed E-state index contributed by atoms with van der Waals surface area (Å²) >= 11 is 0. The first kappa shape index (κ1) is 29.9. The van der Waals surface area contributed by atoms with Crippen LogP contribution in [0.25, 0.3) is 0 Å². The number of esters is 2. The minimum absolute atomic E-state index is 0.0236. The zero-order valence-electron chi connectivity index (χ0n) is 21.5. The average Bonchev–Trinajstić information content (AvgIpc) is 2.73. The molecule has 196 valence electrons. The van der Waals surface area contributed by atoms with Gasteiger partial charge in [-0.25, -0.2) is 4.79 Å². The van der Waals surface area contributed by atoms with Gasteiger partial charge in [0.25, 0.3) is 0 Å². The van der Waals surface area contributed by atoms with Crippen LogP contribution in [0.5, 0.6) is 11.5 Å². The predicted octanol–water partition coefficient (Wildman–Crippen LogP) is 3.72. The van der Waals surface area contributed by atoms with Crippen molar-refractivity contribution < 1.29 is 43.2 Å². The van der Waals surface area contributed by atoms with E-state index in [1.54, 1.807) is 27.7 Å². The summed E-state index contributed by atoms with van der Waals surface area (Å²) in [6, 6.07) is 4.36. The van der Waals surface area contributed by atoms with Crippen LogP contribution in [-0.2, 0) is 30.3 Å². The summed E-state index contributed by atoms with van der Waals surface area (Å²) in [7, 11) is 0. The summed E-state index contributed by atoms with van der Waals surface area (Å²) < 4.78 is 20.8. The van der Waals surface area contributed by atoms with Gasteiger partial charge in [-0.1, -0.05) is 47.6 Å². The molecule has 10 nitrogen and oxygen atoms in total. The van der Waals surface area contributed by atoms with Crippen molar-refractivity contribution in [3.05, 3.63) is 23.8 Å². The van der Waals surface area contributed by atoms with Gasteiger partial charge in [0.05, 0.1) is 18.4 Å². The van der Waals surface area contributed by atoms with E-state index in [0.29, 0.717) is 5.56 Å². The Morgan fingerprint density at radius 3 is 1.94 bits per heavy atom. The topological polar surface area (TPSA) is 151 Å². The van der Waals surface area contributed by atoms with Crippen molar-refractivity contribution in [2.24, 2.45) is 23.5 Å². The van der Waals surface area contributed by atoms with Gasteiger partial charge in [0, 0.05) is 12.8 Å². The molecule has 0 saturated heterocycles. The van der Waals surface area contributed by atoms with E-state index in [4.69, 9.17) is 24.7 Å². The van der Waals surface area contributed by atoms with E-state index in [1.165, 1.54) is 25.1 Å². The maximum Gasteiger partial charge on any atom is 0.508 e. The van der Waals surface area contributed by atoms with Crippen molar-refractivity contribution >= 4 is 24.1 Å². The van der Waals surface area contributed by atoms with Gasteiger partial charge in [-0.15, -0.1) is 0 Å². The van der Waals surface area contributed by atoms with Crippen LogP contribution in [-0.4, -0.2) is 47.4 Å². The van der Waals surface area contributed by atoms with Crippen molar-refractivity contribution in [2.75, 3.05) is 6.61 Å². The second-order valence-corrected chi connectivity index (χ2v) is 9.66. The highest BCUT2D eigenvalue weighted by Gasteiger charge is 2.37. The average molecular weight is 496 g/mol. The lowest BCUT2D eigenvalue weighted by atomic mass is 9.86. The maximum atomic E-state index is 12.2. The number of carboxylic acids is 1. The Morgan fingerprint density at radius 2 is 1.46 bits per heavy atom. The molecule has 0 fully saturated rings. The number of carboxylic acid groups (broad SMARTS) is 1. The minimum atomic E-state index is -1.81. The lowest BCUT2D eigenvalue weighted by Gasteiger charge is -2.28. The molecule has 0 aliphatic carbocycles. The zero-order chi connectivity index (χ0) is 26.9. The monoisotopic (exact) mass is 495 g/mol. The Morgan fingerprint density at radius 1 is 0.914 bits per heavy atom. The van der Waals surface area contributed by atoms with Crippen LogP contribution in [0.4, 0.5) is 4.79 Å². The Hall–Kier alpha value is -3.14. The molecular formula is C25H37NO9. The second-order valence-electron chi connectivity index (χ2n) is 9.66. The third-order valence-electron chi connectivity index (χ3n) is 4.80. The molecule has 3 N–H and O–H groups in total. The highest BCUT2D eigenvalue weighted by molar-refractivity contribution is 5.80. The van der Waals surface area contributed by atoms with E-state index >= 15 is 0 Å². The maximum absolute atomic E-state index is 12.2. The first-order valence-corrected chi connectivity index (χ1v) is 11.6. The molecule has 0 aromatic heterocycles. The molecule has 0 heterocycles. The molecule has 1 unspecified atom stereocenters. The van der Waals surface area contributed by atoms with Gasteiger partial charge in [-0.05, 0) is 30.5 Å². The molecule has 35 heavy (non-hydrogen) atoms. The van der Waals surface area contributed by atoms with Gasteiger partial charge in [0.15, 0.2) is 11.5 Å². The number of benzene rings is 1. The van der Waals surface area contributed by atoms with Crippen LogP contribution >= 0.6 is 0 Å². The van der Waals surface area contributed by atoms with Crippen molar-refractivity contribution in [1.82, 2.24) is 0 Å². The summed E-state index contributed by atoms with van der Waals surface area (Å²) in [6.07, 6.45) is -2.13. The summed E-state index contributed by atoms with van der Waals surface area (Å²) in [5.74, 6) is -3.12. The highest BCUT2D eigenvalue weighted by atomic mass is 16.7. The molecule has 0 aliphatic heterocycles. The van der Waals surface area contributed by atoms with Gasteiger partial charge in [0.2, 0.25) is 0 Å². The fourth-order valence-electron chi connectivity index (χ4n) is 2.87. The quantitative estimate of drug-likeness (QED) is 0.324. The van der Waals surface area contributed by atoms with Gasteiger partial charge in [-0.2, -0.15) is 0 Å². The first-order chi connectivity index (χ1) is 16.1. The third-order valence-corrected chi connectivity index (χ3v) is 4.80. The lowest BCUT2D eigenvalue weighted by molar-refractivity contribution is -0.145. The van der Waals surface area contributed by atoms with Crippen molar-refractivity contribution in [3.8, 4) is 11.5 Å². The second kappa shape index (κ2) is 13.1. The molecule has 1 rings (SSSR count). The minimum Gasteiger partial charge on any atom is -0.480 e. The molecule has 0 amide bonds. The molecule has 0 radical (unpaired) electrons. The third kappa shape index (κ3) is 9.94. The number of hydrogen-bond acceptors (Lipinski definition) is 9. The van der Waals surface area contributed by atoms with Gasteiger partial charge in [0.1, 0.15) is 11.6 Å². The number of ether oxygens (including phenoxy) is 4. The Kier molecular flexibility index (Phi) is 11.2. The first-order valence-electron chi connectivity index (χ1n) is 11.6. The fourth-order valence-corrected chi connectivity index (χ4v) is 2.87. The number of carbonyl (C=O) groups excluding carboxylic acids is 3. The molecule has 1 aromatic rings. The predicted molar refractivity (Wildman–Crippen MR) is 127 cm³/mol. The molecule has 10 heteroatoms.